The normalized spacial score (nSPS) is 13.1. The predicted molar refractivity (Wildman–Crippen MR) is 111 cm³/mol. The second-order valence-electron chi connectivity index (χ2n) is 7.17. The Kier molecular flexibility index (Phi) is 6.55. The van der Waals surface area contributed by atoms with E-state index in [0.717, 1.165) is 36.3 Å². The van der Waals surface area contributed by atoms with Crippen LogP contribution in [-0.2, 0) is 12.0 Å². The van der Waals surface area contributed by atoms with Crippen molar-refractivity contribution in [2.45, 2.75) is 31.7 Å². The first-order valence-electron chi connectivity index (χ1n) is 9.49. The zero-order valence-corrected chi connectivity index (χ0v) is 16.1. The van der Waals surface area contributed by atoms with Crippen LogP contribution in [0.2, 0.25) is 0 Å². The first-order chi connectivity index (χ1) is 13.6. The Morgan fingerprint density at radius 2 is 1.86 bits per heavy atom. The average molecular weight is 378 g/mol. The topological polar surface area (TPSA) is 93.4 Å². The molecule has 0 aliphatic carbocycles. The van der Waals surface area contributed by atoms with Crippen LogP contribution in [0, 0.1) is 4.91 Å². The summed E-state index contributed by atoms with van der Waals surface area (Å²) in [4.78, 5) is 18.0. The molecular formula is C22H26N4O2. The van der Waals surface area contributed by atoms with Gasteiger partial charge >= 0.3 is 0 Å². The lowest BCUT2D eigenvalue weighted by molar-refractivity contribution is 0.307. The van der Waals surface area contributed by atoms with Gasteiger partial charge in [-0.3, -0.25) is 0 Å². The van der Waals surface area contributed by atoms with Gasteiger partial charge in [-0.05, 0) is 61.6 Å². The third-order valence-electron chi connectivity index (χ3n) is 4.65. The molecule has 0 unspecified atom stereocenters. The summed E-state index contributed by atoms with van der Waals surface area (Å²) in [6, 6.07) is 18.3. The van der Waals surface area contributed by atoms with Crippen molar-refractivity contribution in [1.29, 1.82) is 0 Å². The lowest BCUT2D eigenvalue weighted by Gasteiger charge is -2.17. The number of unbranched alkanes of at least 4 members (excludes halogenated alkanes) is 1. The number of nitrogens with two attached hydrogens (primary N) is 1. The van der Waals surface area contributed by atoms with E-state index in [0.29, 0.717) is 12.4 Å². The van der Waals surface area contributed by atoms with Gasteiger partial charge in [0, 0.05) is 0 Å². The standard InChI is InChI=1S/C22H26N4O2/c1-22(23,16-25-27)21-24-15-20(26-21)18-10-12-19(13-11-18)28-14-6-5-9-17-7-3-2-4-8-17/h2-4,7-8,10-13,15H,5-6,9,14,16,23H2,1H3,(H,24,26)/t22-/m0/s1. The van der Waals surface area contributed by atoms with Crippen molar-refractivity contribution in [3.63, 3.8) is 0 Å². The van der Waals surface area contributed by atoms with Crippen LogP contribution in [0.15, 0.2) is 66.0 Å². The minimum atomic E-state index is -0.900. The molecule has 146 valence electrons. The molecule has 0 saturated heterocycles. The van der Waals surface area contributed by atoms with Crippen molar-refractivity contribution in [3.05, 3.63) is 77.1 Å². The van der Waals surface area contributed by atoms with Crippen molar-refractivity contribution >= 4 is 0 Å². The van der Waals surface area contributed by atoms with E-state index in [1.807, 2.05) is 30.3 Å². The van der Waals surface area contributed by atoms with Crippen molar-refractivity contribution in [1.82, 2.24) is 9.97 Å². The van der Waals surface area contributed by atoms with E-state index in [9.17, 15) is 4.91 Å². The van der Waals surface area contributed by atoms with E-state index in [1.165, 1.54) is 5.56 Å². The molecule has 6 heteroatoms. The lowest BCUT2D eigenvalue weighted by atomic mass is 10.0. The maximum absolute atomic E-state index is 10.5. The van der Waals surface area contributed by atoms with Crippen LogP contribution in [0.1, 0.15) is 31.2 Å². The Labute approximate surface area is 165 Å². The summed E-state index contributed by atoms with van der Waals surface area (Å²) in [5.74, 6) is 1.39. The monoisotopic (exact) mass is 378 g/mol. The van der Waals surface area contributed by atoms with Crippen LogP contribution in [0.5, 0.6) is 5.75 Å². The van der Waals surface area contributed by atoms with E-state index in [1.54, 1.807) is 13.1 Å². The smallest absolute Gasteiger partial charge is 0.128 e. The van der Waals surface area contributed by atoms with E-state index in [2.05, 4.69) is 39.4 Å². The minimum Gasteiger partial charge on any atom is -0.494 e. The highest BCUT2D eigenvalue weighted by molar-refractivity contribution is 5.59. The van der Waals surface area contributed by atoms with Gasteiger partial charge in [0.25, 0.3) is 0 Å². The summed E-state index contributed by atoms with van der Waals surface area (Å²) >= 11 is 0. The minimum absolute atomic E-state index is 0.0308. The van der Waals surface area contributed by atoms with Gasteiger partial charge in [-0.2, -0.15) is 4.91 Å². The molecular weight excluding hydrogens is 352 g/mol. The second-order valence-corrected chi connectivity index (χ2v) is 7.17. The van der Waals surface area contributed by atoms with Crippen LogP contribution in [0.25, 0.3) is 11.3 Å². The van der Waals surface area contributed by atoms with Crippen LogP contribution in [0.4, 0.5) is 0 Å². The molecule has 0 amide bonds. The number of benzene rings is 2. The quantitative estimate of drug-likeness (QED) is 0.403. The van der Waals surface area contributed by atoms with Crippen molar-refractivity contribution in [2.24, 2.45) is 10.9 Å². The number of rotatable bonds is 10. The maximum atomic E-state index is 10.5. The fourth-order valence-corrected chi connectivity index (χ4v) is 2.96. The second kappa shape index (κ2) is 9.28. The Bertz CT molecular complexity index is 873. The fourth-order valence-electron chi connectivity index (χ4n) is 2.96. The van der Waals surface area contributed by atoms with E-state index >= 15 is 0 Å². The molecule has 6 nitrogen and oxygen atoms in total. The van der Waals surface area contributed by atoms with E-state index in [4.69, 9.17) is 10.5 Å². The summed E-state index contributed by atoms with van der Waals surface area (Å²) in [5.41, 5.74) is 8.35. The third kappa shape index (κ3) is 5.27. The largest absolute Gasteiger partial charge is 0.494 e. The zero-order valence-electron chi connectivity index (χ0n) is 16.1. The number of hydrogen-bond donors (Lipinski definition) is 2. The number of H-pyrrole nitrogens is 1. The van der Waals surface area contributed by atoms with Gasteiger partial charge in [-0.15, -0.1) is 0 Å². The zero-order chi connectivity index (χ0) is 19.8. The van der Waals surface area contributed by atoms with Gasteiger partial charge in [-0.25, -0.2) is 4.98 Å². The molecule has 3 aromatic rings. The molecule has 0 aliphatic rings. The highest BCUT2D eigenvalue weighted by atomic mass is 16.5. The van der Waals surface area contributed by atoms with Gasteiger partial charge in [-0.1, -0.05) is 35.5 Å². The van der Waals surface area contributed by atoms with Gasteiger partial charge in [0.15, 0.2) is 0 Å². The molecule has 0 bridgehead atoms. The number of aryl methyl sites for hydroxylation is 1. The number of nitrogens with one attached hydrogen (secondary N) is 1. The number of nitrogens with zero attached hydrogens (tertiary/aromatic N) is 2. The Hall–Kier alpha value is -2.99. The lowest BCUT2D eigenvalue weighted by Crippen LogP contribution is -2.37. The molecule has 28 heavy (non-hydrogen) atoms. The van der Waals surface area contributed by atoms with Gasteiger partial charge in [0.1, 0.15) is 18.1 Å². The van der Waals surface area contributed by atoms with Gasteiger partial charge < -0.3 is 15.5 Å². The Balaban J connectivity index is 1.48. The first kappa shape index (κ1) is 19.8. The number of hydrogen-bond acceptors (Lipinski definition) is 5. The number of ether oxygens (including phenoxy) is 1. The Morgan fingerprint density at radius 3 is 2.57 bits per heavy atom. The molecule has 0 saturated carbocycles. The summed E-state index contributed by atoms with van der Waals surface area (Å²) < 4.78 is 5.83. The molecule has 2 aromatic carbocycles. The predicted octanol–water partition coefficient (Wildman–Crippen LogP) is 4.42. The number of aromatic nitrogens is 2. The summed E-state index contributed by atoms with van der Waals surface area (Å²) in [5, 5.41) is 2.88. The van der Waals surface area contributed by atoms with E-state index < -0.39 is 5.54 Å². The SMILES string of the molecule is C[C@](N)(CN=O)c1ncc(-c2ccc(OCCCCc3ccccc3)cc2)[nH]1. The Morgan fingerprint density at radius 1 is 1.11 bits per heavy atom. The molecule has 0 radical (unpaired) electrons. The third-order valence-corrected chi connectivity index (χ3v) is 4.65. The molecule has 1 heterocycles. The highest BCUT2D eigenvalue weighted by Crippen LogP contribution is 2.24. The molecule has 0 spiro atoms. The van der Waals surface area contributed by atoms with Gasteiger partial charge in [0.05, 0.1) is 24.0 Å². The van der Waals surface area contributed by atoms with Crippen LogP contribution >= 0.6 is 0 Å². The van der Waals surface area contributed by atoms with Gasteiger partial charge in [0.2, 0.25) is 0 Å². The first-order valence-corrected chi connectivity index (χ1v) is 9.49. The van der Waals surface area contributed by atoms with Crippen LogP contribution < -0.4 is 10.5 Å². The fraction of sp³-hybridized carbons (Fsp3) is 0.318. The van der Waals surface area contributed by atoms with Crippen molar-refractivity contribution in [2.75, 3.05) is 13.2 Å². The van der Waals surface area contributed by atoms with Crippen LogP contribution in [0.3, 0.4) is 0 Å². The molecule has 0 aliphatic heterocycles. The molecule has 1 aromatic heterocycles. The van der Waals surface area contributed by atoms with Crippen LogP contribution in [-0.4, -0.2) is 23.1 Å². The van der Waals surface area contributed by atoms with Crippen molar-refractivity contribution < 1.29 is 4.74 Å². The average Bonchev–Trinajstić information content (AvgIpc) is 3.20. The molecule has 3 rings (SSSR count). The molecule has 0 fully saturated rings. The van der Waals surface area contributed by atoms with Crippen molar-refractivity contribution in [3.8, 4) is 17.0 Å². The maximum Gasteiger partial charge on any atom is 0.128 e. The summed E-state index contributed by atoms with van der Waals surface area (Å²) in [7, 11) is 0. The number of imidazole rings is 1. The summed E-state index contributed by atoms with van der Waals surface area (Å²) in [6.07, 6.45) is 4.91. The number of aromatic amines is 1. The van der Waals surface area contributed by atoms with E-state index in [-0.39, 0.29) is 6.54 Å². The molecule has 3 N–H and O–H groups in total. The molecule has 1 atom stereocenters. The summed E-state index contributed by atoms with van der Waals surface area (Å²) in [6.45, 7) is 2.40. The number of nitroso groups, excluding NO2 is 1. The highest BCUT2D eigenvalue weighted by Gasteiger charge is 2.25.